The SMILES string of the molecule is COC(=O)N1CCCOC(CC(N)C(=O)O)C1. The Morgan fingerprint density at radius 1 is 1.65 bits per heavy atom. The van der Waals surface area contributed by atoms with Gasteiger partial charge in [0.2, 0.25) is 0 Å². The van der Waals surface area contributed by atoms with Crippen molar-refractivity contribution in [2.45, 2.75) is 25.0 Å². The normalized spacial score (nSPS) is 22.7. The summed E-state index contributed by atoms with van der Waals surface area (Å²) in [6, 6.07) is -0.974. The zero-order chi connectivity index (χ0) is 12.8. The third-order valence-electron chi connectivity index (χ3n) is 2.62. The molecule has 0 aromatic rings. The summed E-state index contributed by atoms with van der Waals surface area (Å²) >= 11 is 0. The van der Waals surface area contributed by atoms with Crippen LogP contribution in [0.4, 0.5) is 4.79 Å². The standard InChI is InChI=1S/C10H18N2O5/c1-16-10(15)12-3-2-4-17-7(6-12)5-8(11)9(13)14/h7-8H,2-6,11H2,1H3,(H,13,14). The molecule has 3 N–H and O–H groups in total. The molecule has 7 nitrogen and oxygen atoms in total. The van der Waals surface area contributed by atoms with Crippen LogP contribution < -0.4 is 5.73 Å². The number of aliphatic carboxylic acids is 1. The van der Waals surface area contributed by atoms with Gasteiger partial charge in [-0.15, -0.1) is 0 Å². The zero-order valence-electron chi connectivity index (χ0n) is 9.80. The van der Waals surface area contributed by atoms with Crippen molar-refractivity contribution in [3.63, 3.8) is 0 Å². The van der Waals surface area contributed by atoms with Gasteiger partial charge in [-0.2, -0.15) is 0 Å². The Bertz CT molecular complexity index is 284. The molecule has 0 aliphatic carbocycles. The molecule has 2 unspecified atom stereocenters. The lowest BCUT2D eigenvalue weighted by atomic mass is 10.1. The number of nitrogens with zero attached hydrogens (tertiary/aromatic N) is 1. The van der Waals surface area contributed by atoms with E-state index in [2.05, 4.69) is 4.74 Å². The number of carbonyl (C=O) groups excluding carboxylic acids is 1. The molecule has 98 valence electrons. The van der Waals surface area contributed by atoms with Gasteiger partial charge in [-0.3, -0.25) is 4.79 Å². The van der Waals surface area contributed by atoms with Crippen molar-refractivity contribution in [2.75, 3.05) is 26.8 Å². The minimum atomic E-state index is -1.07. The highest BCUT2D eigenvalue weighted by atomic mass is 16.5. The lowest BCUT2D eigenvalue weighted by Gasteiger charge is -2.23. The van der Waals surface area contributed by atoms with Crippen LogP contribution in [-0.2, 0) is 14.3 Å². The lowest BCUT2D eigenvalue weighted by Crippen LogP contribution is -2.41. The predicted octanol–water partition coefficient (Wildman–Crippen LogP) is -0.354. The second-order valence-electron chi connectivity index (χ2n) is 3.94. The molecule has 1 aliphatic rings. The number of hydrogen-bond donors (Lipinski definition) is 2. The van der Waals surface area contributed by atoms with Crippen LogP contribution in [-0.4, -0.2) is 61.0 Å². The Morgan fingerprint density at radius 2 is 2.35 bits per heavy atom. The quantitative estimate of drug-likeness (QED) is 0.705. The molecular formula is C10H18N2O5. The Morgan fingerprint density at radius 3 is 2.94 bits per heavy atom. The number of carboxylic acid groups (broad SMARTS) is 1. The van der Waals surface area contributed by atoms with E-state index in [1.165, 1.54) is 12.0 Å². The molecular weight excluding hydrogens is 228 g/mol. The first-order valence-corrected chi connectivity index (χ1v) is 5.47. The third kappa shape index (κ3) is 4.20. The van der Waals surface area contributed by atoms with Gasteiger partial charge < -0.3 is 25.2 Å². The molecule has 1 aliphatic heterocycles. The van der Waals surface area contributed by atoms with E-state index < -0.39 is 18.1 Å². The highest BCUT2D eigenvalue weighted by molar-refractivity contribution is 5.73. The van der Waals surface area contributed by atoms with Gasteiger partial charge in [-0.25, -0.2) is 4.79 Å². The lowest BCUT2D eigenvalue weighted by molar-refractivity contribution is -0.139. The van der Waals surface area contributed by atoms with Crippen molar-refractivity contribution in [3.05, 3.63) is 0 Å². The number of hydrogen-bond acceptors (Lipinski definition) is 5. The maximum absolute atomic E-state index is 11.4. The van der Waals surface area contributed by atoms with Gasteiger partial charge in [-0.05, 0) is 6.42 Å². The van der Waals surface area contributed by atoms with Crippen LogP contribution in [0.15, 0.2) is 0 Å². The first-order chi connectivity index (χ1) is 8.04. The van der Waals surface area contributed by atoms with Crippen molar-refractivity contribution in [2.24, 2.45) is 5.73 Å². The van der Waals surface area contributed by atoms with E-state index in [1.807, 2.05) is 0 Å². The first-order valence-electron chi connectivity index (χ1n) is 5.47. The molecule has 1 fully saturated rings. The predicted molar refractivity (Wildman–Crippen MR) is 58.6 cm³/mol. The number of nitrogens with two attached hydrogens (primary N) is 1. The molecule has 1 rings (SSSR count). The Kier molecular flexibility index (Phi) is 5.17. The second kappa shape index (κ2) is 6.41. The van der Waals surface area contributed by atoms with Crippen molar-refractivity contribution >= 4 is 12.1 Å². The van der Waals surface area contributed by atoms with Crippen LogP contribution in [0.25, 0.3) is 0 Å². The summed E-state index contributed by atoms with van der Waals surface area (Å²) in [5, 5.41) is 8.72. The van der Waals surface area contributed by atoms with Crippen LogP contribution in [0.5, 0.6) is 0 Å². The van der Waals surface area contributed by atoms with E-state index in [9.17, 15) is 9.59 Å². The molecule has 0 radical (unpaired) electrons. The number of amides is 1. The Hall–Kier alpha value is -1.34. The third-order valence-corrected chi connectivity index (χ3v) is 2.62. The molecule has 1 heterocycles. The average molecular weight is 246 g/mol. The fraction of sp³-hybridized carbons (Fsp3) is 0.800. The molecule has 0 bridgehead atoms. The van der Waals surface area contributed by atoms with Crippen molar-refractivity contribution in [1.29, 1.82) is 0 Å². The topological polar surface area (TPSA) is 102 Å². The number of carbonyl (C=O) groups is 2. The van der Waals surface area contributed by atoms with Gasteiger partial charge >= 0.3 is 12.1 Å². The molecule has 2 atom stereocenters. The fourth-order valence-electron chi connectivity index (χ4n) is 1.72. The van der Waals surface area contributed by atoms with Crippen LogP contribution in [0.2, 0.25) is 0 Å². The smallest absolute Gasteiger partial charge is 0.409 e. The zero-order valence-corrected chi connectivity index (χ0v) is 9.80. The van der Waals surface area contributed by atoms with E-state index in [0.29, 0.717) is 26.1 Å². The molecule has 0 saturated carbocycles. The molecule has 0 aromatic heterocycles. The van der Waals surface area contributed by atoms with Crippen molar-refractivity contribution in [3.8, 4) is 0 Å². The van der Waals surface area contributed by atoms with Crippen LogP contribution >= 0.6 is 0 Å². The van der Waals surface area contributed by atoms with E-state index >= 15 is 0 Å². The summed E-state index contributed by atoms with van der Waals surface area (Å²) in [6.07, 6.45) is 0.101. The molecule has 1 saturated heterocycles. The van der Waals surface area contributed by atoms with Gasteiger partial charge in [-0.1, -0.05) is 0 Å². The summed E-state index contributed by atoms with van der Waals surface area (Å²) in [6.45, 7) is 1.35. The van der Waals surface area contributed by atoms with Gasteiger partial charge in [0.15, 0.2) is 0 Å². The number of carboxylic acids is 1. The number of ether oxygens (including phenoxy) is 2. The van der Waals surface area contributed by atoms with E-state index in [-0.39, 0.29) is 12.5 Å². The first kappa shape index (κ1) is 13.7. The van der Waals surface area contributed by atoms with Gasteiger partial charge in [0, 0.05) is 19.6 Å². The van der Waals surface area contributed by atoms with E-state index in [0.717, 1.165) is 0 Å². The maximum Gasteiger partial charge on any atom is 0.409 e. The van der Waals surface area contributed by atoms with Gasteiger partial charge in [0.1, 0.15) is 6.04 Å². The van der Waals surface area contributed by atoms with Crippen molar-refractivity contribution < 1.29 is 24.2 Å². The highest BCUT2D eigenvalue weighted by Crippen LogP contribution is 2.11. The number of methoxy groups -OCH3 is 1. The van der Waals surface area contributed by atoms with E-state index in [4.69, 9.17) is 15.6 Å². The fourth-order valence-corrected chi connectivity index (χ4v) is 1.72. The summed E-state index contributed by atoms with van der Waals surface area (Å²) < 4.78 is 10.1. The second-order valence-corrected chi connectivity index (χ2v) is 3.94. The Balaban J connectivity index is 2.54. The van der Waals surface area contributed by atoms with Crippen LogP contribution in [0.3, 0.4) is 0 Å². The molecule has 0 aromatic carbocycles. The molecule has 17 heavy (non-hydrogen) atoms. The minimum absolute atomic E-state index is 0.183. The van der Waals surface area contributed by atoms with Crippen molar-refractivity contribution in [1.82, 2.24) is 4.90 Å². The summed E-state index contributed by atoms with van der Waals surface area (Å²) in [5.41, 5.74) is 5.44. The molecule has 7 heteroatoms. The minimum Gasteiger partial charge on any atom is -0.480 e. The van der Waals surface area contributed by atoms with Crippen LogP contribution in [0.1, 0.15) is 12.8 Å². The summed E-state index contributed by atoms with van der Waals surface area (Å²) in [7, 11) is 1.31. The van der Waals surface area contributed by atoms with Gasteiger partial charge in [0.05, 0.1) is 19.8 Å². The van der Waals surface area contributed by atoms with Gasteiger partial charge in [0.25, 0.3) is 0 Å². The van der Waals surface area contributed by atoms with Crippen LogP contribution in [0, 0.1) is 0 Å². The van der Waals surface area contributed by atoms with E-state index in [1.54, 1.807) is 0 Å². The summed E-state index contributed by atoms with van der Waals surface area (Å²) in [5.74, 6) is -1.07. The largest absolute Gasteiger partial charge is 0.480 e. The highest BCUT2D eigenvalue weighted by Gasteiger charge is 2.26. The summed E-state index contributed by atoms with van der Waals surface area (Å²) in [4.78, 5) is 23.5. The Labute approximate surface area is 99.5 Å². The monoisotopic (exact) mass is 246 g/mol. The average Bonchev–Trinajstić information content (AvgIpc) is 2.53. The maximum atomic E-state index is 11.4. The number of rotatable bonds is 3. The molecule has 1 amide bonds. The molecule has 0 spiro atoms.